The third kappa shape index (κ3) is 3.27. The monoisotopic (exact) mass is 182 g/mol. The second kappa shape index (κ2) is 4.64. The van der Waals surface area contributed by atoms with Crippen LogP contribution in [0.3, 0.4) is 0 Å². The van der Waals surface area contributed by atoms with Crippen LogP contribution in [0.4, 0.5) is 0 Å². The molecule has 4 heteroatoms. The largest absolute Gasteiger partial charge is 0.386 e. The SMILES string of the molecule is NC(N)=C/C=C(\N)N1CCCCC1. The Labute approximate surface area is 79.1 Å². The van der Waals surface area contributed by atoms with Crippen LogP contribution >= 0.6 is 0 Å². The van der Waals surface area contributed by atoms with Crippen molar-refractivity contribution < 1.29 is 0 Å². The number of piperidine rings is 1. The van der Waals surface area contributed by atoms with E-state index in [2.05, 4.69) is 4.90 Å². The molecule has 1 fully saturated rings. The molecule has 0 bridgehead atoms. The maximum Gasteiger partial charge on any atom is 0.0987 e. The van der Waals surface area contributed by atoms with Gasteiger partial charge < -0.3 is 22.1 Å². The Morgan fingerprint density at radius 2 is 1.54 bits per heavy atom. The zero-order valence-corrected chi connectivity index (χ0v) is 7.87. The van der Waals surface area contributed by atoms with Gasteiger partial charge in [-0.25, -0.2) is 0 Å². The van der Waals surface area contributed by atoms with Gasteiger partial charge in [-0.3, -0.25) is 0 Å². The van der Waals surface area contributed by atoms with E-state index in [9.17, 15) is 0 Å². The molecule has 0 saturated carbocycles. The summed E-state index contributed by atoms with van der Waals surface area (Å²) in [5.74, 6) is 1.05. The van der Waals surface area contributed by atoms with Gasteiger partial charge >= 0.3 is 0 Å². The Morgan fingerprint density at radius 3 is 2.08 bits per heavy atom. The molecule has 0 radical (unpaired) electrons. The van der Waals surface area contributed by atoms with Crippen molar-refractivity contribution in [1.29, 1.82) is 0 Å². The molecule has 13 heavy (non-hydrogen) atoms. The van der Waals surface area contributed by atoms with Crippen LogP contribution < -0.4 is 17.2 Å². The number of likely N-dealkylation sites (tertiary alicyclic amines) is 1. The van der Waals surface area contributed by atoms with E-state index < -0.39 is 0 Å². The molecule has 0 aromatic rings. The van der Waals surface area contributed by atoms with E-state index in [1.54, 1.807) is 12.2 Å². The molecule has 1 saturated heterocycles. The fourth-order valence-electron chi connectivity index (χ4n) is 1.44. The predicted molar refractivity (Wildman–Crippen MR) is 54.2 cm³/mol. The average molecular weight is 182 g/mol. The lowest BCUT2D eigenvalue weighted by atomic mass is 10.1. The molecule has 0 aromatic carbocycles. The van der Waals surface area contributed by atoms with Crippen LogP contribution in [-0.4, -0.2) is 18.0 Å². The molecular formula is C9H18N4. The first-order valence-corrected chi connectivity index (χ1v) is 4.63. The minimum Gasteiger partial charge on any atom is -0.386 e. The molecule has 1 aliphatic rings. The Morgan fingerprint density at radius 1 is 0.923 bits per heavy atom. The van der Waals surface area contributed by atoms with Crippen molar-refractivity contribution in [2.45, 2.75) is 19.3 Å². The highest BCUT2D eigenvalue weighted by atomic mass is 15.2. The van der Waals surface area contributed by atoms with E-state index in [0.717, 1.165) is 18.9 Å². The van der Waals surface area contributed by atoms with Crippen LogP contribution in [0.1, 0.15) is 19.3 Å². The summed E-state index contributed by atoms with van der Waals surface area (Å²) >= 11 is 0. The molecule has 0 aliphatic carbocycles. The van der Waals surface area contributed by atoms with Gasteiger partial charge in [-0.1, -0.05) is 0 Å². The van der Waals surface area contributed by atoms with E-state index in [1.807, 2.05) is 0 Å². The van der Waals surface area contributed by atoms with Gasteiger partial charge in [-0.15, -0.1) is 0 Å². The molecule has 0 unspecified atom stereocenters. The first kappa shape index (κ1) is 9.77. The van der Waals surface area contributed by atoms with Crippen LogP contribution in [-0.2, 0) is 0 Å². The van der Waals surface area contributed by atoms with Gasteiger partial charge in [0.05, 0.1) is 11.6 Å². The summed E-state index contributed by atoms with van der Waals surface area (Å²) in [7, 11) is 0. The molecule has 4 nitrogen and oxygen atoms in total. The Hall–Kier alpha value is -1.32. The topological polar surface area (TPSA) is 81.3 Å². The summed E-state index contributed by atoms with van der Waals surface area (Å²) in [6.45, 7) is 2.08. The molecule has 1 heterocycles. The normalized spacial score (nSPS) is 18.5. The van der Waals surface area contributed by atoms with E-state index >= 15 is 0 Å². The van der Waals surface area contributed by atoms with Gasteiger partial charge in [0.15, 0.2) is 0 Å². The smallest absolute Gasteiger partial charge is 0.0987 e. The molecule has 0 aromatic heterocycles. The van der Waals surface area contributed by atoms with Crippen LogP contribution in [0.5, 0.6) is 0 Å². The second-order valence-electron chi connectivity index (χ2n) is 3.31. The standard InChI is InChI=1S/C9H18N4/c10-8(11)4-5-9(12)13-6-2-1-3-7-13/h4-5H,1-3,6-7,10-12H2/b9-5+. The predicted octanol–water partition coefficient (Wildman–Crippen LogP) is 0.0312. The maximum atomic E-state index is 5.83. The number of allylic oxidation sites excluding steroid dienone is 2. The summed E-state index contributed by atoms with van der Waals surface area (Å²) in [4.78, 5) is 2.16. The highest BCUT2D eigenvalue weighted by molar-refractivity contribution is 5.12. The van der Waals surface area contributed by atoms with Gasteiger partial charge in [0.2, 0.25) is 0 Å². The fourth-order valence-corrected chi connectivity index (χ4v) is 1.44. The highest BCUT2D eigenvalue weighted by Gasteiger charge is 2.09. The maximum absolute atomic E-state index is 5.83. The lowest BCUT2D eigenvalue weighted by Gasteiger charge is -2.28. The van der Waals surface area contributed by atoms with Gasteiger partial charge in [0, 0.05) is 13.1 Å². The zero-order valence-electron chi connectivity index (χ0n) is 7.87. The first-order valence-electron chi connectivity index (χ1n) is 4.63. The van der Waals surface area contributed by atoms with E-state index in [0.29, 0.717) is 5.82 Å². The molecule has 0 spiro atoms. The highest BCUT2D eigenvalue weighted by Crippen LogP contribution is 2.11. The second-order valence-corrected chi connectivity index (χ2v) is 3.31. The summed E-state index contributed by atoms with van der Waals surface area (Å²) in [5, 5.41) is 0. The lowest BCUT2D eigenvalue weighted by Crippen LogP contribution is -2.32. The third-order valence-corrected chi connectivity index (χ3v) is 2.17. The van der Waals surface area contributed by atoms with Gasteiger partial charge in [0.25, 0.3) is 0 Å². The van der Waals surface area contributed by atoms with Crippen LogP contribution in [0.25, 0.3) is 0 Å². The Balaban J connectivity index is 2.49. The number of hydrogen-bond donors (Lipinski definition) is 3. The number of nitrogens with two attached hydrogens (primary N) is 3. The first-order chi connectivity index (χ1) is 6.20. The van der Waals surface area contributed by atoms with Crippen molar-refractivity contribution in [2.75, 3.05) is 13.1 Å². The van der Waals surface area contributed by atoms with Gasteiger partial charge in [-0.05, 0) is 31.4 Å². The van der Waals surface area contributed by atoms with Crippen molar-refractivity contribution in [3.05, 3.63) is 23.8 Å². The molecule has 1 rings (SSSR count). The van der Waals surface area contributed by atoms with Gasteiger partial charge in [0.1, 0.15) is 0 Å². The van der Waals surface area contributed by atoms with Crippen LogP contribution in [0, 0.1) is 0 Å². The minimum absolute atomic E-state index is 0.292. The third-order valence-electron chi connectivity index (χ3n) is 2.17. The molecule has 1 aliphatic heterocycles. The van der Waals surface area contributed by atoms with Crippen molar-refractivity contribution in [2.24, 2.45) is 17.2 Å². The summed E-state index contributed by atoms with van der Waals surface area (Å²) < 4.78 is 0. The van der Waals surface area contributed by atoms with Crippen LogP contribution in [0.2, 0.25) is 0 Å². The summed E-state index contributed by atoms with van der Waals surface area (Å²) in [6, 6.07) is 0. The number of rotatable bonds is 2. The van der Waals surface area contributed by atoms with E-state index in [4.69, 9.17) is 17.2 Å². The lowest BCUT2D eigenvalue weighted by molar-refractivity contribution is 0.282. The quantitative estimate of drug-likeness (QED) is 0.526. The van der Waals surface area contributed by atoms with Crippen LogP contribution in [0.15, 0.2) is 23.8 Å². The molecule has 6 N–H and O–H groups in total. The van der Waals surface area contributed by atoms with Gasteiger partial charge in [-0.2, -0.15) is 0 Å². The Bertz CT molecular complexity index is 210. The zero-order chi connectivity index (χ0) is 9.68. The minimum atomic E-state index is 0.292. The van der Waals surface area contributed by atoms with E-state index in [-0.39, 0.29) is 0 Å². The fraction of sp³-hybridized carbons (Fsp3) is 0.556. The number of hydrogen-bond acceptors (Lipinski definition) is 4. The summed E-state index contributed by atoms with van der Waals surface area (Å²) in [5.41, 5.74) is 16.4. The molecular weight excluding hydrogens is 164 g/mol. The van der Waals surface area contributed by atoms with Crippen molar-refractivity contribution in [3.8, 4) is 0 Å². The molecule has 74 valence electrons. The average Bonchev–Trinajstić information content (AvgIpc) is 2.15. The molecule has 0 atom stereocenters. The van der Waals surface area contributed by atoms with Crippen molar-refractivity contribution in [1.82, 2.24) is 4.90 Å². The van der Waals surface area contributed by atoms with Crippen molar-refractivity contribution >= 4 is 0 Å². The van der Waals surface area contributed by atoms with Crippen molar-refractivity contribution in [3.63, 3.8) is 0 Å². The Kier molecular flexibility index (Phi) is 3.49. The molecule has 0 amide bonds. The number of nitrogens with zero attached hydrogens (tertiary/aromatic N) is 1. The summed E-state index contributed by atoms with van der Waals surface area (Å²) in [6.07, 6.45) is 7.13. The van der Waals surface area contributed by atoms with E-state index in [1.165, 1.54) is 19.3 Å².